The molecule has 0 aliphatic carbocycles. The number of nitrogens with zero attached hydrogens (tertiary/aromatic N) is 3. The zero-order chi connectivity index (χ0) is 26.9. The smallest absolute Gasteiger partial charge is 0.416 e. The Hall–Kier alpha value is -4.35. The highest BCUT2D eigenvalue weighted by atomic mass is 19.4. The third-order valence-corrected chi connectivity index (χ3v) is 6.14. The lowest BCUT2D eigenvalue weighted by Crippen LogP contribution is -2.45. The summed E-state index contributed by atoms with van der Waals surface area (Å²) in [4.78, 5) is 38.3. The van der Waals surface area contributed by atoms with Crippen molar-refractivity contribution in [2.24, 2.45) is 0 Å². The molecule has 194 valence electrons. The molecule has 1 aromatic heterocycles. The molecule has 0 radical (unpaired) electrons. The number of carboxylic acid groups (broad SMARTS) is 1. The minimum Gasteiger partial charge on any atom is -0.478 e. The molecule has 1 saturated heterocycles. The first-order valence-electron chi connectivity index (χ1n) is 11.4. The first-order chi connectivity index (χ1) is 17.4. The number of urea groups is 1. The SMILES string of the molecule is Cc1cc(-n2ccc(NC(=O)C3CCCN3C(=O)Nc3ccc(C(F)(F)F)c(C)c3)n2)ccc1C(=O)O. The maximum absolute atomic E-state index is 13.0. The lowest BCUT2D eigenvalue weighted by Gasteiger charge is -2.24. The van der Waals surface area contributed by atoms with Gasteiger partial charge in [0.05, 0.1) is 16.8 Å². The van der Waals surface area contributed by atoms with Gasteiger partial charge in [-0.1, -0.05) is 0 Å². The summed E-state index contributed by atoms with van der Waals surface area (Å²) in [5.74, 6) is -1.23. The number of nitrogens with one attached hydrogen (secondary N) is 2. The predicted molar refractivity (Wildman–Crippen MR) is 129 cm³/mol. The zero-order valence-electron chi connectivity index (χ0n) is 20.0. The van der Waals surface area contributed by atoms with Crippen LogP contribution in [0.3, 0.4) is 0 Å². The summed E-state index contributed by atoms with van der Waals surface area (Å²) in [6, 6.07) is 8.26. The third kappa shape index (κ3) is 5.57. The van der Waals surface area contributed by atoms with Crippen LogP contribution in [0, 0.1) is 13.8 Å². The van der Waals surface area contributed by atoms with E-state index in [4.69, 9.17) is 0 Å². The molecule has 3 aromatic rings. The van der Waals surface area contributed by atoms with E-state index >= 15 is 0 Å². The minimum absolute atomic E-state index is 0.0237. The fourth-order valence-electron chi connectivity index (χ4n) is 4.31. The molecule has 0 spiro atoms. The first-order valence-corrected chi connectivity index (χ1v) is 11.4. The van der Waals surface area contributed by atoms with Crippen LogP contribution in [0.5, 0.6) is 0 Å². The Morgan fingerprint density at radius 1 is 1.03 bits per heavy atom. The van der Waals surface area contributed by atoms with Crippen LogP contribution in [0.2, 0.25) is 0 Å². The topological polar surface area (TPSA) is 117 Å². The van der Waals surface area contributed by atoms with Crippen LogP contribution < -0.4 is 10.6 Å². The average Bonchev–Trinajstić information content (AvgIpc) is 3.48. The Morgan fingerprint density at radius 2 is 1.78 bits per heavy atom. The second-order valence-electron chi connectivity index (χ2n) is 8.75. The van der Waals surface area contributed by atoms with E-state index in [0.29, 0.717) is 30.6 Å². The number of anilines is 2. The van der Waals surface area contributed by atoms with Crippen molar-refractivity contribution in [3.63, 3.8) is 0 Å². The van der Waals surface area contributed by atoms with E-state index in [1.54, 1.807) is 31.3 Å². The van der Waals surface area contributed by atoms with Crippen LogP contribution in [0.25, 0.3) is 5.69 Å². The monoisotopic (exact) mass is 515 g/mol. The molecule has 2 heterocycles. The summed E-state index contributed by atoms with van der Waals surface area (Å²) in [6.45, 7) is 3.30. The molecule has 1 unspecified atom stereocenters. The molecule has 9 nitrogen and oxygen atoms in total. The summed E-state index contributed by atoms with van der Waals surface area (Å²) < 4.78 is 40.5. The number of rotatable bonds is 5. The number of aromatic nitrogens is 2. The fraction of sp³-hybridized carbons (Fsp3) is 0.280. The van der Waals surface area contributed by atoms with Gasteiger partial charge in [-0.05, 0) is 74.2 Å². The number of benzene rings is 2. The van der Waals surface area contributed by atoms with Gasteiger partial charge in [-0.25, -0.2) is 14.3 Å². The number of hydrogen-bond acceptors (Lipinski definition) is 4. The van der Waals surface area contributed by atoms with Gasteiger partial charge < -0.3 is 20.6 Å². The molecule has 1 aliphatic rings. The van der Waals surface area contributed by atoms with Crippen molar-refractivity contribution in [2.75, 3.05) is 17.2 Å². The molecule has 2 aromatic carbocycles. The molecule has 37 heavy (non-hydrogen) atoms. The van der Waals surface area contributed by atoms with Crippen molar-refractivity contribution in [1.29, 1.82) is 0 Å². The van der Waals surface area contributed by atoms with Gasteiger partial charge in [0.25, 0.3) is 0 Å². The number of carboxylic acids is 1. The van der Waals surface area contributed by atoms with Gasteiger partial charge >= 0.3 is 18.2 Å². The number of carbonyl (C=O) groups excluding carboxylic acids is 2. The van der Waals surface area contributed by atoms with Gasteiger partial charge in [-0.3, -0.25) is 4.79 Å². The molecule has 1 aliphatic heterocycles. The van der Waals surface area contributed by atoms with Crippen LogP contribution >= 0.6 is 0 Å². The van der Waals surface area contributed by atoms with E-state index in [9.17, 15) is 32.7 Å². The maximum atomic E-state index is 13.0. The lowest BCUT2D eigenvalue weighted by molar-refractivity contribution is -0.138. The van der Waals surface area contributed by atoms with Gasteiger partial charge in [0, 0.05) is 24.5 Å². The lowest BCUT2D eigenvalue weighted by atomic mass is 10.1. The van der Waals surface area contributed by atoms with E-state index in [2.05, 4.69) is 15.7 Å². The average molecular weight is 515 g/mol. The largest absolute Gasteiger partial charge is 0.478 e. The van der Waals surface area contributed by atoms with Crippen LogP contribution in [-0.2, 0) is 11.0 Å². The van der Waals surface area contributed by atoms with Crippen molar-refractivity contribution >= 4 is 29.4 Å². The second kappa shape index (κ2) is 9.96. The highest BCUT2D eigenvalue weighted by Crippen LogP contribution is 2.33. The summed E-state index contributed by atoms with van der Waals surface area (Å²) in [6.07, 6.45) is -1.88. The summed E-state index contributed by atoms with van der Waals surface area (Å²) in [7, 11) is 0. The standard InChI is InChI=1S/C25H24F3N5O4/c1-14-13-17(6-7-18(14)23(35)36)33-11-9-21(31-33)30-22(34)20-4-3-10-32(20)24(37)29-16-5-8-19(15(2)12-16)25(26,27)28/h5-9,11-13,20H,3-4,10H2,1-2H3,(H,29,37)(H,35,36)(H,30,31,34). The maximum Gasteiger partial charge on any atom is 0.416 e. The van der Waals surface area contributed by atoms with E-state index in [-0.39, 0.29) is 22.6 Å². The number of aromatic carboxylic acids is 1. The molecular weight excluding hydrogens is 491 g/mol. The normalized spacial score (nSPS) is 15.5. The number of aryl methyl sites for hydroxylation is 2. The molecular formula is C25H24F3N5O4. The summed E-state index contributed by atoms with van der Waals surface area (Å²) in [5.41, 5.74) is 0.736. The Morgan fingerprint density at radius 3 is 2.43 bits per heavy atom. The Bertz CT molecular complexity index is 1370. The van der Waals surface area contributed by atoms with E-state index in [1.807, 2.05) is 0 Å². The van der Waals surface area contributed by atoms with Crippen LogP contribution in [0.1, 0.15) is 39.9 Å². The number of carbonyl (C=O) groups is 3. The number of alkyl halides is 3. The highest BCUT2D eigenvalue weighted by Gasteiger charge is 2.35. The van der Waals surface area contributed by atoms with Crippen molar-refractivity contribution in [2.45, 2.75) is 38.9 Å². The van der Waals surface area contributed by atoms with E-state index in [0.717, 1.165) is 6.07 Å². The highest BCUT2D eigenvalue weighted by molar-refractivity contribution is 5.99. The van der Waals surface area contributed by atoms with Gasteiger partial charge in [-0.2, -0.15) is 18.3 Å². The van der Waals surface area contributed by atoms with Crippen molar-refractivity contribution in [1.82, 2.24) is 14.7 Å². The number of hydrogen-bond donors (Lipinski definition) is 3. The van der Waals surface area contributed by atoms with Gasteiger partial charge in [-0.15, -0.1) is 0 Å². The first kappa shape index (κ1) is 25.7. The molecule has 1 fully saturated rings. The van der Waals surface area contributed by atoms with Gasteiger partial charge in [0.15, 0.2) is 5.82 Å². The number of halogens is 3. The Kier molecular flexibility index (Phi) is 6.92. The Labute approximate surface area is 209 Å². The second-order valence-corrected chi connectivity index (χ2v) is 8.75. The van der Waals surface area contributed by atoms with E-state index < -0.39 is 35.7 Å². The molecule has 3 N–H and O–H groups in total. The number of amides is 3. The van der Waals surface area contributed by atoms with E-state index in [1.165, 1.54) is 34.7 Å². The van der Waals surface area contributed by atoms with Crippen molar-refractivity contribution in [3.05, 3.63) is 70.9 Å². The van der Waals surface area contributed by atoms with Crippen molar-refractivity contribution < 1.29 is 32.7 Å². The quantitative estimate of drug-likeness (QED) is 0.450. The number of likely N-dealkylation sites (tertiary alicyclic amines) is 1. The third-order valence-electron chi connectivity index (χ3n) is 6.14. The molecule has 3 amide bonds. The van der Waals surface area contributed by atoms with Crippen LogP contribution in [-0.4, -0.2) is 50.3 Å². The molecule has 4 rings (SSSR count). The zero-order valence-corrected chi connectivity index (χ0v) is 20.0. The van der Waals surface area contributed by atoms with Crippen LogP contribution in [0.4, 0.5) is 29.5 Å². The Balaban J connectivity index is 1.42. The summed E-state index contributed by atoms with van der Waals surface area (Å²) >= 11 is 0. The summed E-state index contributed by atoms with van der Waals surface area (Å²) in [5, 5.41) is 18.8. The fourth-order valence-corrected chi connectivity index (χ4v) is 4.31. The van der Waals surface area contributed by atoms with Crippen LogP contribution in [0.15, 0.2) is 48.7 Å². The molecule has 12 heteroatoms. The van der Waals surface area contributed by atoms with Gasteiger partial charge in [0.2, 0.25) is 5.91 Å². The van der Waals surface area contributed by atoms with Gasteiger partial charge in [0.1, 0.15) is 6.04 Å². The van der Waals surface area contributed by atoms with Crippen molar-refractivity contribution in [3.8, 4) is 5.69 Å². The minimum atomic E-state index is -4.49. The molecule has 0 saturated carbocycles. The molecule has 1 atom stereocenters. The molecule has 0 bridgehead atoms. The predicted octanol–water partition coefficient (Wildman–Crippen LogP) is 4.84.